The molecule has 2 aliphatic rings. The second-order valence-electron chi connectivity index (χ2n) is 9.73. The summed E-state index contributed by atoms with van der Waals surface area (Å²) in [6, 6.07) is 9.57. The second kappa shape index (κ2) is 9.37. The molecule has 0 amide bonds. The van der Waals surface area contributed by atoms with Crippen molar-refractivity contribution >= 4 is 0 Å². The van der Waals surface area contributed by atoms with E-state index in [1.165, 1.54) is 124 Å². The van der Waals surface area contributed by atoms with Crippen LogP contribution < -0.4 is 0 Å². The number of piperidine rings is 2. The number of nitrogens with zero attached hydrogens (tertiary/aromatic N) is 2. The van der Waals surface area contributed by atoms with Crippen LogP contribution in [-0.4, -0.2) is 62.3 Å². The lowest BCUT2D eigenvalue weighted by molar-refractivity contribution is -0.914. The molecule has 0 aliphatic carbocycles. The SMILES string of the molecule is C[N+]1(CCCc2ccc(CCC[N+]3(C)CCCCC3)cc2)CCCCC1. The van der Waals surface area contributed by atoms with E-state index in [1.54, 1.807) is 0 Å². The molecule has 2 nitrogen and oxygen atoms in total. The first-order valence-electron chi connectivity index (χ1n) is 11.3. The highest BCUT2D eigenvalue weighted by atomic mass is 15.3. The predicted molar refractivity (Wildman–Crippen MR) is 112 cm³/mol. The lowest BCUT2D eigenvalue weighted by Crippen LogP contribution is -2.48. The van der Waals surface area contributed by atoms with E-state index in [-0.39, 0.29) is 0 Å². The largest absolute Gasteiger partial charge is 0.326 e. The summed E-state index contributed by atoms with van der Waals surface area (Å²) in [7, 11) is 4.93. The summed E-state index contributed by atoms with van der Waals surface area (Å²) in [5, 5.41) is 0. The van der Waals surface area contributed by atoms with Crippen molar-refractivity contribution < 1.29 is 8.97 Å². The molecule has 2 saturated heterocycles. The summed E-state index contributed by atoms with van der Waals surface area (Å²) < 4.78 is 2.63. The first-order chi connectivity index (χ1) is 12.6. The van der Waals surface area contributed by atoms with Crippen LogP contribution in [0.2, 0.25) is 0 Å². The van der Waals surface area contributed by atoms with E-state index in [1.807, 2.05) is 0 Å². The Labute approximate surface area is 162 Å². The average molecular weight is 359 g/mol. The van der Waals surface area contributed by atoms with Crippen molar-refractivity contribution in [1.29, 1.82) is 0 Å². The fourth-order valence-corrected chi connectivity index (χ4v) is 5.20. The molecule has 0 atom stereocenters. The van der Waals surface area contributed by atoms with Gasteiger partial charge in [-0.2, -0.15) is 0 Å². The zero-order valence-corrected chi connectivity index (χ0v) is 17.5. The maximum absolute atomic E-state index is 2.47. The summed E-state index contributed by atoms with van der Waals surface area (Å²) in [6.07, 6.45) is 13.8. The third kappa shape index (κ3) is 6.09. The molecular weight excluding hydrogens is 316 g/mol. The summed E-state index contributed by atoms with van der Waals surface area (Å²) in [4.78, 5) is 0. The Morgan fingerprint density at radius 2 is 0.923 bits per heavy atom. The molecule has 1 aromatic rings. The van der Waals surface area contributed by atoms with E-state index in [4.69, 9.17) is 0 Å². The van der Waals surface area contributed by atoms with Gasteiger partial charge in [0.15, 0.2) is 0 Å². The Hall–Kier alpha value is -0.860. The van der Waals surface area contributed by atoms with Gasteiger partial charge in [0, 0.05) is 12.8 Å². The molecule has 2 aliphatic heterocycles. The zero-order valence-electron chi connectivity index (χ0n) is 17.5. The minimum Gasteiger partial charge on any atom is -0.326 e. The van der Waals surface area contributed by atoms with Crippen molar-refractivity contribution in [3.8, 4) is 0 Å². The predicted octanol–water partition coefficient (Wildman–Crippen LogP) is 4.81. The van der Waals surface area contributed by atoms with Crippen LogP contribution >= 0.6 is 0 Å². The lowest BCUT2D eigenvalue weighted by atomic mass is 10.0. The molecule has 2 heteroatoms. The zero-order chi connectivity index (χ0) is 18.3. The molecule has 2 fully saturated rings. The second-order valence-corrected chi connectivity index (χ2v) is 9.73. The highest BCUT2D eigenvalue weighted by Crippen LogP contribution is 2.19. The van der Waals surface area contributed by atoms with Gasteiger partial charge in [0.1, 0.15) is 0 Å². The molecule has 146 valence electrons. The molecular formula is C24H42N2+2. The van der Waals surface area contributed by atoms with Crippen LogP contribution in [0, 0.1) is 0 Å². The maximum atomic E-state index is 2.47. The summed E-state index contributed by atoms with van der Waals surface area (Å²) in [5.74, 6) is 0. The van der Waals surface area contributed by atoms with E-state index in [9.17, 15) is 0 Å². The third-order valence-electron chi connectivity index (χ3n) is 7.14. The van der Waals surface area contributed by atoms with Gasteiger partial charge in [-0.05, 0) is 62.5 Å². The molecule has 0 spiro atoms. The van der Waals surface area contributed by atoms with Gasteiger partial charge in [-0.3, -0.25) is 0 Å². The van der Waals surface area contributed by atoms with Crippen molar-refractivity contribution in [2.75, 3.05) is 53.4 Å². The lowest BCUT2D eigenvalue weighted by Gasteiger charge is -2.38. The Balaban J connectivity index is 1.36. The van der Waals surface area contributed by atoms with Gasteiger partial charge in [-0.15, -0.1) is 0 Å². The maximum Gasteiger partial charge on any atom is 0.0787 e. The molecule has 0 radical (unpaired) electrons. The summed E-state index contributed by atoms with van der Waals surface area (Å²) in [6.45, 7) is 8.32. The number of hydrogen-bond donors (Lipinski definition) is 0. The Kier molecular flexibility index (Phi) is 7.17. The monoisotopic (exact) mass is 358 g/mol. The molecule has 2 heterocycles. The van der Waals surface area contributed by atoms with Crippen LogP contribution in [0.5, 0.6) is 0 Å². The number of aryl methyl sites for hydroxylation is 2. The highest BCUT2D eigenvalue weighted by molar-refractivity contribution is 5.22. The van der Waals surface area contributed by atoms with Crippen molar-refractivity contribution in [2.24, 2.45) is 0 Å². The van der Waals surface area contributed by atoms with E-state index >= 15 is 0 Å². The summed E-state index contributed by atoms with van der Waals surface area (Å²) in [5.41, 5.74) is 3.07. The minimum absolute atomic E-state index is 1.25. The number of rotatable bonds is 8. The van der Waals surface area contributed by atoms with Crippen LogP contribution in [0.25, 0.3) is 0 Å². The number of likely N-dealkylation sites (tertiary alicyclic amines) is 2. The fraction of sp³-hybridized carbons (Fsp3) is 0.750. The van der Waals surface area contributed by atoms with E-state index in [0.717, 1.165) is 0 Å². The van der Waals surface area contributed by atoms with Gasteiger partial charge in [0.25, 0.3) is 0 Å². The molecule has 26 heavy (non-hydrogen) atoms. The Bertz CT molecular complexity index is 473. The quantitative estimate of drug-likeness (QED) is 0.585. The van der Waals surface area contributed by atoms with Gasteiger partial charge >= 0.3 is 0 Å². The normalized spacial score (nSPS) is 22.2. The third-order valence-corrected chi connectivity index (χ3v) is 7.14. The van der Waals surface area contributed by atoms with Crippen LogP contribution in [-0.2, 0) is 12.8 Å². The van der Waals surface area contributed by atoms with Gasteiger partial charge < -0.3 is 8.97 Å². The molecule has 0 bridgehead atoms. The highest BCUT2D eigenvalue weighted by Gasteiger charge is 2.24. The van der Waals surface area contributed by atoms with Gasteiger partial charge in [0.2, 0.25) is 0 Å². The molecule has 0 N–H and O–H groups in total. The van der Waals surface area contributed by atoms with Crippen LogP contribution in [0.3, 0.4) is 0 Å². The first-order valence-corrected chi connectivity index (χ1v) is 11.3. The molecule has 0 unspecified atom stereocenters. The van der Waals surface area contributed by atoms with Crippen molar-refractivity contribution in [3.63, 3.8) is 0 Å². The van der Waals surface area contributed by atoms with Crippen LogP contribution in [0.4, 0.5) is 0 Å². The summed E-state index contributed by atoms with van der Waals surface area (Å²) >= 11 is 0. The number of hydrogen-bond acceptors (Lipinski definition) is 0. The van der Waals surface area contributed by atoms with E-state index in [2.05, 4.69) is 38.4 Å². The molecule has 1 aromatic carbocycles. The van der Waals surface area contributed by atoms with Crippen LogP contribution in [0.1, 0.15) is 62.5 Å². The Morgan fingerprint density at radius 1 is 0.577 bits per heavy atom. The molecule has 0 aromatic heterocycles. The average Bonchev–Trinajstić information content (AvgIpc) is 2.64. The van der Waals surface area contributed by atoms with E-state index in [0.29, 0.717) is 0 Å². The first kappa shape index (κ1) is 19.9. The molecule has 0 saturated carbocycles. The minimum atomic E-state index is 1.25. The number of quaternary nitrogens is 2. The van der Waals surface area contributed by atoms with Gasteiger partial charge in [0.05, 0.1) is 53.4 Å². The van der Waals surface area contributed by atoms with Crippen molar-refractivity contribution in [3.05, 3.63) is 35.4 Å². The van der Waals surface area contributed by atoms with Gasteiger partial charge in [-0.1, -0.05) is 24.3 Å². The smallest absolute Gasteiger partial charge is 0.0787 e. The Morgan fingerprint density at radius 3 is 1.27 bits per heavy atom. The van der Waals surface area contributed by atoms with Crippen molar-refractivity contribution in [2.45, 2.75) is 64.2 Å². The number of benzene rings is 1. The van der Waals surface area contributed by atoms with Crippen LogP contribution in [0.15, 0.2) is 24.3 Å². The molecule has 3 rings (SSSR count). The topological polar surface area (TPSA) is 0 Å². The van der Waals surface area contributed by atoms with E-state index < -0.39 is 0 Å². The standard InChI is InChI=1S/C24H42N2/c1-25(17-5-3-6-18-25)21-9-11-23-13-15-24(16-14-23)12-10-22-26(2)19-7-4-8-20-26/h13-16H,3-12,17-22H2,1-2H3/q+2. The van der Waals surface area contributed by atoms with Crippen molar-refractivity contribution in [1.82, 2.24) is 0 Å². The fourth-order valence-electron chi connectivity index (χ4n) is 5.20. The van der Waals surface area contributed by atoms with Gasteiger partial charge in [-0.25, -0.2) is 0 Å².